The van der Waals surface area contributed by atoms with E-state index in [1.165, 1.54) is 12.8 Å². The molecule has 8 heteroatoms. The maximum atomic E-state index is 13.7. The Hall–Kier alpha value is -3.78. The Morgan fingerprint density at radius 3 is 2.38 bits per heavy atom. The molecule has 42 heavy (non-hydrogen) atoms. The minimum Gasteiger partial charge on any atom is -0.494 e. The molecule has 2 aliphatic rings. The summed E-state index contributed by atoms with van der Waals surface area (Å²) in [7, 11) is 5.38. The lowest BCUT2D eigenvalue weighted by molar-refractivity contribution is 0.0818. The van der Waals surface area contributed by atoms with Crippen LogP contribution in [-0.4, -0.2) is 78.6 Å². The van der Waals surface area contributed by atoms with Gasteiger partial charge in [-0.1, -0.05) is 13.0 Å². The van der Waals surface area contributed by atoms with Gasteiger partial charge in [-0.3, -0.25) is 14.5 Å². The highest BCUT2D eigenvalue weighted by Crippen LogP contribution is 2.34. The van der Waals surface area contributed by atoms with E-state index in [1.807, 2.05) is 56.8 Å². The van der Waals surface area contributed by atoms with Crippen LogP contribution in [0.2, 0.25) is 0 Å². The lowest BCUT2D eigenvalue weighted by Gasteiger charge is -2.41. The summed E-state index contributed by atoms with van der Waals surface area (Å²) in [6.07, 6.45) is 4.46. The van der Waals surface area contributed by atoms with E-state index in [2.05, 4.69) is 46.3 Å². The molecule has 3 aromatic rings. The van der Waals surface area contributed by atoms with Crippen LogP contribution in [0.25, 0.3) is 11.1 Å². The average Bonchev–Trinajstić information content (AvgIpc) is 3.47. The smallest absolute Gasteiger partial charge is 0.269 e. The molecular formula is C34H45N5O3. The molecule has 2 bridgehead atoms. The summed E-state index contributed by atoms with van der Waals surface area (Å²) < 4.78 is 7.75. The second-order valence-electron chi connectivity index (χ2n) is 12.0. The van der Waals surface area contributed by atoms with Crippen LogP contribution in [0, 0.1) is 6.92 Å². The molecule has 2 aliphatic heterocycles. The van der Waals surface area contributed by atoms with Gasteiger partial charge in [0, 0.05) is 69.3 Å². The number of benzene rings is 2. The van der Waals surface area contributed by atoms with Crippen LogP contribution in [0.1, 0.15) is 71.6 Å². The number of anilines is 1. The third-order valence-electron chi connectivity index (χ3n) is 8.88. The Kier molecular flexibility index (Phi) is 8.64. The summed E-state index contributed by atoms with van der Waals surface area (Å²) in [5.41, 5.74) is 6.20. The van der Waals surface area contributed by atoms with Gasteiger partial charge in [0.25, 0.3) is 11.8 Å². The first-order valence-electron chi connectivity index (χ1n) is 15.2. The van der Waals surface area contributed by atoms with Crippen molar-refractivity contribution in [1.29, 1.82) is 0 Å². The van der Waals surface area contributed by atoms with Crippen molar-refractivity contribution in [3.05, 3.63) is 71.0 Å². The Balaban J connectivity index is 1.37. The van der Waals surface area contributed by atoms with Crippen LogP contribution in [-0.2, 0) is 7.05 Å². The first-order chi connectivity index (χ1) is 20.1. The zero-order chi connectivity index (χ0) is 30.1. The van der Waals surface area contributed by atoms with Crippen molar-refractivity contribution < 1.29 is 14.3 Å². The summed E-state index contributed by atoms with van der Waals surface area (Å²) in [5, 5.41) is 3.24. The SMILES string of the molecule is CCOc1cc(-c2cc(C(=O)N(C)C)n(C)c2)cc([C@@H](C)NC(=O)c2cc(N3C[C@H]4CC[C@@H](C3)N4CC)ccc2C)c1. The number of nitrogens with one attached hydrogen (secondary N) is 1. The van der Waals surface area contributed by atoms with Crippen molar-refractivity contribution in [2.24, 2.45) is 7.05 Å². The minimum absolute atomic E-state index is 0.0527. The fraction of sp³-hybridized carbons (Fsp3) is 0.471. The monoisotopic (exact) mass is 571 g/mol. The predicted octanol–water partition coefficient (Wildman–Crippen LogP) is 5.26. The van der Waals surface area contributed by atoms with Gasteiger partial charge in [0.1, 0.15) is 11.4 Å². The summed E-state index contributed by atoms with van der Waals surface area (Å²) in [5.74, 6) is 0.594. The van der Waals surface area contributed by atoms with Gasteiger partial charge in [-0.25, -0.2) is 0 Å². The summed E-state index contributed by atoms with van der Waals surface area (Å²) in [6, 6.07) is 15.2. The van der Waals surface area contributed by atoms with E-state index in [9.17, 15) is 9.59 Å². The molecule has 0 aliphatic carbocycles. The van der Waals surface area contributed by atoms with E-state index in [-0.39, 0.29) is 17.9 Å². The van der Waals surface area contributed by atoms with E-state index >= 15 is 0 Å². The molecule has 2 aromatic carbocycles. The van der Waals surface area contributed by atoms with Gasteiger partial charge in [-0.2, -0.15) is 0 Å². The van der Waals surface area contributed by atoms with Gasteiger partial charge in [0.15, 0.2) is 0 Å². The molecular weight excluding hydrogens is 526 g/mol. The molecule has 2 fully saturated rings. The van der Waals surface area contributed by atoms with Crippen LogP contribution in [0.3, 0.4) is 0 Å². The molecule has 2 saturated heterocycles. The van der Waals surface area contributed by atoms with Crippen LogP contribution in [0.15, 0.2) is 48.7 Å². The molecule has 2 amide bonds. The summed E-state index contributed by atoms with van der Waals surface area (Å²) >= 11 is 0. The second-order valence-corrected chi connectivity index (χ2v) is 12.0. The summed E-state index contributed by atoms with van der Waals surface area (Å²) in [4.78, 5) is 33.0. The molecule has 0 radical (unpaired) electrons. The number of rotatable bonds is 9. The minimum atomic E-state index is -0.254. The van der Waals surface area contributed by atoms with Crippen LogP contribution >= 0.6 is 0 Å². The molecule has 3 heterocycles. The zero-order valence-electron chi connectivity index (χ0n) is 26.1. The molecule has 3 atom stereocenters. The van der Waals surface area contributed by atoms with Gasteiger partial charge in [-0.15, -0.1) is 0 Å². The van der Waals surface area contributed by atoms with E-state index in [0.29, 0.717) is 29.9 Å². The van der Waals surface area contributed by atoms with Crippen molar-refractivity contribution in [2.45, 2.75) is 58.7 Å². The third-order valence-corrected chi connectivity index (χ3v) is 8.88. The van der Waals surface area contributed by atoms with Crippen molar-refractivity contribution in [1.82, 2.24) is 19.7 Å². The number of ether oxygens (including phenoxy) is 1. The highest BCUT2D eigenvalue weighted by molar-refractivity contribution is 5.97. The number of aryl methyl sites for hydroxylation is 2. The number of carbonyl (C=O) groups excluding carboxylic acids is 2. The van der Waals surface area contributed by atoms with E-state index in [1.54, 1.807) is 19.0 Å². The predicted molar refractivity (Wildman–Crippen MR) is 168 cm³/mol. The molecule has 8 nitrogen and oxygen atoms in total. The largest absolute Gasteiger partial charge is 0.494 e. The van der Waals surface area contributed by atoms with Crippen molar-refractivity contribution in [3.8, 4) is 16.9 Å². The Labute approximate surface area is 250 Å². The second kappa shape index (κ2) is 12.2. The number of amides is 2. The van der Waals surface area contributed by atoms with Gasteiger partial charge < -0.3 is 24.4 Å². The Bertz CT molecular complexity index is 1450. The van der Waals surface area contributed by atoms with Crippen molar-refractivity contribution in [2.75, 3.05) is 45.2 Å². The van der Waals surface area contributed by atoms with Crippen molar-refractivity contribution >= 4 is 17.5 Å². The number of aromatic nitrogens is 1. The quantitative estimate of drug-likeness (QED) is 0.379. The molecule has 1 aromatic heterocycles. The lowest BCUT2D eigenvalue weighted by atomic mass is 10.00. The number of hydrogen-bond donors (Lipinski definition) is 1. The topological polar surface area (TPSA) is 70.0 Å². The molecule has 0 unspecified atom stereocenters. The van der Waals surface area contributed by atoms with Crippen LogP contribution in [0.4, 0.5) is 5.69 Å². The normalized spacial score (nSPS) is 19.1. The Morgan fingerprint density at radius 2 is 1.74 bits per heavy atom. The van der Waals surface area contributed by atoms with E-state index in [4.69, 9.17) is 4.74 Å². The Morgan fingerprint density at radius 1 is 1.02 bits per heavy atom. The first-order valence-corrected chi connectivity index (χ1v) is 15.2. The van der Waals surface area contributed by atoms with Gasteiger partial charge in [-0.05, 0) is 93.2 Å². The number of carbonyl (C=O) groups is 2. The number of nitrogens with zero attached hydrogens (tertiary/aromatic N) is 4. The van der Waals surface area contributed by atoms with Crippen LogP contribution in [0.5, 0.6) is 5.75 Å². The average molecular weight is 572 g/mol. The lowest BCUT2D eigenvalue weighted by Crippen LogP contribution is -2.53. The van der Waals surface area contributed by atoms with Crippen molar-refractivity contribution in [3.63, 3.8) is 0 Å². The summed E-state index contributed by atoms with van der Waals surface area (Å²) in [6.45, 7) is 11.9. The molecule has 0 saturated carbocycles. The molecule has 224 valence electrons. The molecule has 0 spiro atoms. The van der Waals surface area contributed by atoms with Gasteiger partial charge in [0.05, 0.1) is 12.6 Å². The zero-order valence-corrected chi connectivity index (χ0v) is 26.1. The molecule has 1 N–H and O–H groups in total. The standard InChI is InChI=1S/C34H45N5O3/c1-8-39-28-12-13-29(39)21-38(20-28)27-11-10-22(3)31(18-27)33(40)35-23(4)24-14-25(16-30(15-24)42-9-2)26-17-32(37(7)19-26)34(41)36(5)6/h10-11,14-19,23,28-29H,8-9,12-13,20-21H2,1-7H3,(H,35,40)/t23-,28-,29+/m1/s1. The van der Waals surface area contributed by atoms with E-state index in [0.717, 1.165) is 53.3 Å². The molecule has 5 rings (SSSR count). The number of fused-ring (bicyclic) bond motifs is 2. The highest BCUT2D eigenvalue weighted by atomic mass is 16.5. The van der Waals surface area contributed by atoms with Crippen LogP contribution < -0.4 is 15.0 Å². The fourth-order valence-corrected chi connectivity index (χ4v) is 6.58. The number of piperazine rings is 1. The maximum absolute atomic E-state index is 13.7. The fourth-order valence-electron chi connectivity index (χ4n) is 6.58. The first kappa shape index (κ1) is 29.7. The number of hydrogen-bond acceptors (Lipinski definition) is 5. The highest BCUT2D eigenvalue weighted by Gasteiger charge is 2.39. The van der Waals surface area contributed by atoms with E-state index < -0.39 is 0 Å². The maximum Gasteiger partial charge on any atom is 0.269 e. The number of likely N-dealkylation sites (N-methyl/N-ethyl adjacent to an activating group) is 1. The third kappa shape index (κ3) is 5.91. The van der Waals surface area contributed by atoms with Gasteiger partial charge in [0.2, 0.25) is 0 Å². The van der Waals surface area contributed by atoms with Gasteiger partial charge >= 0.3 is 0 Å².